The van der Waals surface area contributed by atoms with E-state index in [1.807, 2.05) is 64.1 Å². The van der Waals surface area contributed by atoms with Gasteiger partial charge in [0.2, 0.25) is 0 Å². The molecule has 35 heavy (non-hydrogen) atoms. The average molecular weight is 473 g/mol. The number of fused-ring (bicyclic) bond motifs is 5. The van der Waals surface area contributed by atoms with Crippen molar-refractivity contribution in [2.45, 2.75) is 69.6 Å². The second-order valence-corrected chi connectivity index (χ2v) is 11.3. The van der Waals surface area contributed by atoms with Gasteiger partial charge in [-0.25, -0.2) is 4.79 Å². The van der Waals surface area contributed by atoms with Gasteiger partial charge in [0.25, 0.3) is 0 Å². The molecule has 4 heterocycles. The summed E-state index contributed by atoms with van der Waals surface area (Å²) in [4.78, 5) is 29.7. The molecule has 0 radical (unpaired) electrons. The SMILES string of the molecule is CC1=CC=C2[C@@](c3cn(C(=O)OC(C)(C)C)c4ccccc34)(C=C1)C(=O)O[C@]21CN2CCCC[C@H]21. The first-order valence-corrected chi connectivity index (χ1v) is 12.6. The number of ether oxygens (including phenoxy) is 2. The highest BCUT2D eigenvalue weighted by Gasteiger charge is 2.69. The fourth-order valence-corrected chi connectivity index (χ4v) is 6.37. The summed E-state index contributed by atoms with van der Waals surface area (Å²) in [6, 6.07) is 7.92. The largest absolute Gasteiger partial charge is 0.450 e. The molecule has 3 fully saturated rings. The van der Waals surface area contributed by atoms with Gasteiger partial charge in [-0.15, -0.1) is 0 Å². The third-order valence-electron chi connectivity index (χ3n) is 7.90. The highest BCUT2D eigenvalue weighted by Crippen LogP contribution is 2.58. The number of hydrogen-bond acceptors (Lipinski definition) is 5. The smallest absolute Gasteiger partial charge is 0.419 e. The van der Waals surface area contributed by atoms with Gasteiger partial charge in [-0.2, -0.15) is 0 Å². The number of esters is 1. The Hall–Kier alpha value is -3.12. The van der Waals surface area contributed by atoms with Crippen molar-refractivity contribution in [3.8, 4) is 0 Å². The van der Waals surface area contributed by atoms with Crippen molar-refractivity contribution in [3.63, 3.8) is 0 Å². The molecule has 6 nitrogen and oxygen atoms in total. The van der Waals surface area contributed by atoms with Crippen LogP contribution in [0.2, 0.25) is 0 Å². The zero-order chi connectivity index (χ0) is 24.6. The number of aromatic nitrogens is 1. The fourth-order valence-electron chi connectivity index (χ4n) is 6.37. The van der Waals surface area contributed by atoms with E-state index in [-0.39, 0.29) is 12.0 Å². The molecule has 0 saturated carbocycles. The standard InChI is InChI=1S/C29H32N2O4/c1-19-12-13-23-28(15-14-19,25(32)34-29(23)18-30-16-8-7-11-24(29)30)21-17-31(26(33)35-27(2,3)4)22-10-6-5-9-20(21)22/h5-6,9-10,12-15,17,24H,7-8,11,16,18H2,1-4H3/t24-,28-,29+/m0/s1. The van der Waals surface area contributed by atoms with Crippen LogP contribution >= 0.6 is 0 Å². The molecule has 6 heteroatoms. The summed E-state index contributed by atoms with van der Waals surface area (Å²) >= 11 is 0. The van der Waals surface area contributed by atoms with Crippen LogP contribution in [0, 0.1) is 0 Å². The summed E-state index contributed by atoms with van der Waals surface area (Å²) in [5, 5.41) is 0.849. The predicted octanol–water partition coefficient (Wildman–Crippen LogP) is 5.27. The quantitative estimate of drug-likeness (QED) is 0.529. The molecule has 0 bridgehead atoms. The lowest BCUT2D eigenvalue weighted by Gasteiger charge is -2.57. The van der Waals surface area contributed by atoms with Gasteiger partial charge in [0, 0.05) is 29.3 Å². The molecule has 3 aliphatic heterocycles. The lowest BCUT2D eigenvalue weighted by molar-refractivity contribution is -0.180. The van der Waals surface area contributed by atoms with Crippen molar-refractivity contribution in [2.75, 3.05) is 13.1 Å². The Balaban J connectivity index is 1.56. The summed E-state index contributed by atoms with van der Waals surface area (Å²) in [7, 11) is 0. The van der Waals surface area contributed by atoms with E-state index in [2.05, 4.69) is 17.1 Å². The van der Waals surface area contributed by atoms with E-state index in [1.165, 1.54) is 11.0 Å². The van der Waals surface area contributed by atoms with E-state index in [9.17, 15) is 9.59 Å². The second-order valence-electron chi connectivity index (χ2n) is 11.3. The maximum atomic E-state index is 14.0. The van der Waals surface area contributed by atoms with Crippen LogP contribution in [0.5, 0.6) is 0 Å². The van der Waals surface area contributed by atoms with Gasteiger partial charge in [0.05, 0.1) is 11.6 Å². The Morgan fingerprint density at radius 1 is 1.17 bits per heavy atom. The lowest BCUT2D eigenvalue weighted by atomic mass is 9.64. The number of allylic oxidation sites excluding steroid dienone is 4. The zero-order valence-corrected chi connectivity index (χ0v) is 20.8. The first kappa shape index (κ1) is 22.4. The van der Waals surface area contributed by atoms with Crippen molar-refractivity contribution in [1.29, 1.82) is 0 Å². The second kappa shape index (κ2) is 7.44. The summed E-state index contributed by atoms with van der Waals surface area (Å²) in [5.74, 6) is -0.264. The van der Waals surface area contributed by atoms with Crippen LogP contribution < -0.4 is 0 Å². The molecule has 4 aliphatic rings. The van der Waals surface area contributed by atoms with E-state index in [4.69, 9.17) is 9.47 Å². The van der Waals surface area contributed by atoms with Gasteiger partial charge in [-0.3, -0.25) is 14.3 Å². The molecule has 1 aromatic carbocycles. The molecule has 1 aliphatic carbocycles. The van der Waals surface area contributed by atoms with Crippen molar-refractivity contribution in [1.82, 2.24) is 9.47 Å². The summed E-state index contributed by atoms with van der Waals surface area (Å²) in [5.41, 5.74) is 1.18. The van der Waals surface area contributed by atoms with Crippen LogP contribution in [0.4, 0.5) is 4.79 Å². The monoisotopic (exact) mass is 472 g/mol. The highest BCUT2D eigenvalue weighted by atomic mass is 16.6. The van der Waals surface area contributed by atoms with E-state index >= 15 is 0 Å². The first-order valence-electron chi connectivity index (χ1n) is 12.6. The van der Waals surface area contributed by atoms with Crippen LogP contribution in [0.25, 0.3) is 10.9 Å². The number of benzene rings is 1. The number of hydrogen-bond donors (Lipinski definition) is 0. The van der Waals surface area contributed by atoms with Gasteiger partial charge in [0.15, 0.2) is 5.60 Å². The maximum Gasteiger partial charge on any atom is 0.419 e. The minimum Gasteiger partial charge on any atom is -0.450 e. The van der Waals surface area contributed by atoms with Crippen LogP contribution in [-0.2, 0) is 19.7 Å². The molecule has 1 spiro atoms. The molecular weight excluding hydrogens is 440 g/mol. The summed E-state index contributed by atoms with van der Waals surface area (Å²) < 4.78 is 13.6. The molecule has 2 aromatic rings. The molecular formula is C29H32N2O4. The Kier molecular flexibility index (Phi) is 4.75. The number of carbonyl (C=O) groups excluding carboxylic acids is 2. The van der Waals surface area contributed by atoms with Crippen molar-refractivity contribution in [2.24, 2.45) is 0 Å². The third-order valence-corrected chi connectivity index (χ3v) is 7.90. The van der Waals surface area contributed by atoms with Crippen molar-refractivity contribution in [3.05, 3.63) is 71.5 Å². The molecule has 3 saturated heterocycles. The molecule has 6 rings (SSSR count). The lowest BCUT2D eigenvalue weighted by Crippen LogP contribution is -2.71. The summed E-state index contributed by atoms with van der Waals surface area (Å²) in [6.07, 6.45) is 12.8. The van der Waals surface area contributed by atoms with Gasteiger partial charge >= 0.3 is 12.1 Å². The van der Waals surface area contributed by atoms with E-state index < -0.39 is 22.7 Å². The normalized spacial score (nSPS) is 30.2. The number of piperidine rings is 1. The van der Waals surface area contributed by atoms with Crippen molar-refractivity contribution >= 4 is 23.0 Å². The molecule has 1 aromatic heterocycles. The fraction of sp³-hybridized carbons (Fsp3) is 0.448. The summed E-state index contributed by atoms with van der Waals surface area (Å²) in [6.45, 7) is 9.37. The Labute approximate surface area is 205 Å². The van der Waals surface area contributed by atoms with Crippen molar-refractivity contribution < 1.29 is 19.1 Å². The first-order chi connectivity index (χ1) is 16.7. The van der Waals surface area contributed by atoms with Crippen LogP contribution in [0.1, 0.15) is 52.5 Å². The molecule has 0 unspecified atom stereocenters. The predicted molar refractivity (Wildman–Crippen MR) is 134 cm³/mol. The third kappa shape index (κ3) is 3.12. The Bertz CT molecular complexity index is 1340. The molecule has 182 valence electrons. The van der Waals surface area contributed by atoms with Crippen LogP contribution in [0.3, 0.4) is 0 Å². The number of rotatable bonds is 1. The van der Waals surface area contributed by atoms with Crippen LogP contribution in [-0.4, -0.2) is 51.9 Å². The Morgan fingerprint density at radius 2 is 1.97 bits per heavy atom. The minimum absolute atomic E-state index is 0.202. The topological polar surface area (TPSA) is 60.8 Å². The molecule has 0 N–H and O–H groups in total. The number of para-hydroxylation sites is 1. The van der Waals surface area contributed by atoms with E-state index in [1.54, 1.807) is 6.20 Å². The van der Waals surface area contributed by atoms with E-state index in [0.29, 0.717) is 0 Å². The zero-order valence-electron chi connectivity index (χ0n) is 20.8. The Morgan fingerprint density at radius 3 is 2.74 bits per heavy atom. The van der Waals surface area contributed by atoms with Gasteiger partial charge < -0.3 is 9.47 Å². The molecule has 3 atom stereocenters. The molecule has 0 amide bonds. The van der Waals surface area contributed by atoms with E-state index in [0.717, 1.165) is 53.5 Å². The number of carbonyl (C=O) groups is 2. The van der Waals surface area contributed by atoms with Gasteiger partial charge in [-0.05, 0) is 53.1 Å². The van der Waals surface area contributed by atoms with Gasteiger partial charge in [-0.1, -0.05) is 54.5 Å². The maximum absolute atomic E-state index is 14.0. The minimum atomic E-state index is -1.09. The highest BCUT2D eigenvalue weighted by molar-refractivity contribution is 6.03. The van der Waals surface area contributed by atoms with Gasteiger partial charge in [0.1, 0.15) is 11.0 Å². The van der Waals surface area contributed by atoms with Crippen LogP contribution in [0.15, 0.2) is 65.9 Å². The average Bonchev–Trinajstić information content (AvgIpc) is 3.23. The number of nitrogens with zero attached hydrogens (tertiary/aromatic N) is 2.